The van der Waals surface area contributed by atoms with Crippen molar-refractivity contribution in [1.82, 2.24) is 0 Å². The normalized spacial score (nSPS) is 35.8. The van der Waals surface area contributed by atoms with E-state index in [0.29, 0.717) is 0 Å². The van der Waals surface area contributed by atoms with Gasteiger partial charge in [-0.05, 0) is 6.92 Å². The number of hydrogen-bond acceptors (Lipinski definition) is 0. The smallest absolute Gasteiger partial charge is 0.178 e. The number of alkyl halides is 2. The van der Waals surface area contributed by atoms with Gasteiger partial charge in [0, 0.05) is 0 Å². The van der Waals surface area contributed by atoms with Crippen molar-refractivity contribution in [1.29, 1.82) is 0 Å². The van der Waals surface area contributed by atoms with E-state index in [2.05, 4.69) is 0 Å². The zero-order valence-electron chi connectivity index (χ0n) is 6.35. The Kier molecular flexibility index (Phi) is 2.65. The molecule has 1 aliphatic rings. The van der Waals surface area contributed by atoms with Gasteiger partial charge in [0.05, 0.1) is 0 Å². The minimum Gasteiger partial charge on any atom is -0.237 e. The Balaban J connectivity index is 3.32. The van der Waals surface area contributed by atoms with Crippen LogP contribution in [0.25, 0.3) is 0 Å². The van der Waals surface area contributed by atoms with E-state index in [1.165, 1.54) is 0 Å². The third-order valence-electron chi connectivity index (χ3n) is 1.72. The molecule has 0 heterocycles. The summed E-state index contributed by atoms with van der Waals surface area (Å²) < 4.78 is 51.3. The molecule has 6 heteroatoms. The van der Waals surface area contributed by atoms with Crippen LogP contribution in [0.4, 0.5) is 17.6 Å². The summed E-state index contributed by atoms with van der Waals surface area (Å²) in [5, 5.41) is -1.19. The van der Waals surface area contributed by atoms with Gasteiger partial charge in [-0.1, -0.05) is 11.6 Å². The molecule has 0 aromatic rings. The number of hydrogen-bond donors (Lipinski definition) is 0. The summed E-state index contributed by atoms with van der Waals surface area (Å²) in [7, 11) is 0. The van der Waals surface area contributed by atoms with Crippen molar-refractivity contribution in [2.24, 2.45) is 0 Å². The molecular formula is C7H4Cl2F4. The standard InChI is InChI=1S/C7H4Cl2F4/c1-7(9)5(12)3(10)2(8)4(11)6(7)13/h5H,1H3. The van der Waals surface area contributed by atoms with E-state index in [9.17, 15) is 17.6 Å². The van der Waals surface area contributed by atoms with Crippen LogP contribution in [0.15, 0.2) is 22.5 Å². The van der Waals surface area contributed by atoms with Crippen LogP contribution in [0.2, 0.25) is 0 Å². The fourth-order valence-corrected chi connectivity index (χ4v) is 1.23. The average Bonchev–Trinajstić information content (AvgIpc) is 2.09. The van der Waals surface area contributed by atoms with Crippen molar-refractivity contribution in [3.8, 4) is 0 Å². The van der Waals surface area contributed by atoms with Gasteiger partial charge >= 0.3 is 0 Å². The first-order chi connectivity index (χ1) is 5.80. The van der Waals surface area contributed by atoms with Crippen molar-refractivity contribution in [2.45, 2.75) is 18.0 Å². The van der Waals surface area contributed by atoms with E-state index < -0.39 is 33.6 Å². The summed E-state index contributed by atoms with van der Waals surface area (Å²) in [4.78, 5) is -2.35. The molecule has 0 aromatic heterocycles. The largest absolute Gasteiger partial charge is 0.237 e. The molecule has 0 saturated heterocycles. The topological polar surface area (TPSA) is 0 Å². The number of allylic oxidation sites excluding steroid dienone is 4. The second-order valence-electron chi connectivity index (χ2n) is 2.73. The summed E-state index contributed by atoms with van der Waals surface area (Å²) in [5.74, 6) is -4.82. The van der Waals surface area contributed by atoms with Crippen LogP contribution < -0.4 is 0 Å². The second-order valence-corrected chi connectivity index (χ2v) is 3.89. The summed E-state index contributed by atoms with van der Waals surface area (Å²) in [6, 6.07) is 0. The lowest BCUT2D eigenvalue weighted by atomic mass is 9.97. The molecule has 0 bridgehead atoms. The highest BCUT2D eigenvalue weighted by Crippen LogP contribution is 2.46. The highest BCUT2D eigenvalue weighted by molar-refractivity contribution is 6.33. The van der Waals surface area contributed by atoms with Gasteiger partial charge < -0.3 is 0 Å². The Labute approximate surface area is 81.8 Å². The van der Waals surface area contributed by atoms with Gasteiger partial charge in [0.25, 0.3) is 0 Å². The molecular weight excluding hydrogens is 231 g/mol. The van der Waals surface area contributed by atoms with Crippen LogP contribution in [-0.4, -0.2) is 11.0 Å². The molecule has 0 aliphatic heterocycles. The molecule has 1 aliphatic carbocycles. The Morgan fingerprint density at radius 2 is 1.77 bits per heavy atom. The molecule has 0 spiro atoms. The first-order valence-electron chi connectivity index (χ1n) is 3.24. The molecule has 0 nitrogen and oxygen atoms in total. The SMILES string of the molecule is CC1(Cl)C(F)=C(F)C(Cl)=C(F)C1F. The Bertz CT molecular complexity index is 306. The minimum absolute atomic E-state index is 0.830. The van der Waals surface area contributed by atoms with Crippen molar-refractivity contribution in [3.05, 3.63) is 22.5 Å². The first-order valence-corrected chi connectivity index (χ1v) is 4.00. The molecule has 13 heavy (non-hydrogen) atoms. The lowest BCUT2D eigenvalue weighted by Crippen LogP contribution is -2.35. The fraction of sp³-hybridized carbons (Fsp3) is 0.429. The zero-order chi connectivity index (χ0) is 10.4. The van der Waals surface area contributed by atoms with E-state index in [1.54, 1.807) is 0 Å². The summed E-state index contributed by atoms with van der Waals surface area (Å²) in [6.07, 6.45) is -2.47. The Hall–Kier alpha value is -0.220. The summed E-state index contributed by atoms with van der Waals surface area (Å²) in [5.41, 5.74) is 0. The van der Waals surface area contributed by atoms with E-state index in [-0.39, 0.29) is 0 Å². The van der Waals surface area contributed by atoms with E-state index in [4.69, 9.17) is 23.2 Å². The second kappa shape index (κ2) is 3.17. The lowest BCUT2D eigenvalue weighted by molar-refractivity contribution is 0.247. The average molecular weight is 235 g/mol. The molecule has 0 saturated carbocycles. The first kappa shape index (κ1) is 10.9. The number of halogens is 6. The van der Waals surface area contributed by atoms with Gasteiger partial charge in [0.1, 0.15) is 9.91 Å². The van der Waals surface area contributed by atoms with Gasteiger partial charge in [0.2, 0.25) is 0 Å². The predicted octanol–water partition coefficient (Wildman–Crippen LogP) is 3.91. The Morgan fingerprint density at radius 1 is 1.31 bits per heavy atom. The highest BCUT2D eigenvalue weighted by Gasteiger charge is 2.47. The van der Waals surface area contributed by atoms with Crippen LogP contribution in [0.1, 0.15) is 6.92 Å². The van der Waals surface area contributed by atoms with Crippen LogP contribution in [0, 0.1) is 0 Å². The van der Waals surface area contributed by atoms with Gasteiger partial charge in [-0.3, -0.25) is 0 Å². The molecule has 0 radical (unpaired) electrons. The molecule has 2 unspecified atom stereocenters. The van der Waals surface area contributed by atoms with Crippen LogP contribution in [0.3, 0.4) is 0 Å². The van der Waals surface area contributed by atoms with Crippen LogP contribution in [0.5, 0.6) is 0 Å². The van der Waals surface area contributed by atoms with Crippen molar-refractivity contribution in [3.63, 3.8) is 0 Å². The van der Waals surface area contributed by atoms with E-state index in [1.807, 2.05) is 0 Å². The van der Waals surface area contributed by atoms with Crippen LogP contribution in [-0.2, 0) is 0 Å². The van der Waals surface area contributed by atoms with Crippen molar-refractivity contribution in [2.75, 3.05) is 0 Å². The molecule has 2 atom stereocenters. The van der Waals surface area contributed by atoms with E-state index in [0.717, 1.165) is 6.92 Å². The summed E-state index contributed by atoms with van der Waals surface area (Å²) in [6.45, 7) is 0.830. The maximum absolute atomic E-state index is 12.9. The maximum Gasteiger partial charge on any atom is 0.178 e. The monoisotopic (exact) mass is 234 g/mol. The summed E-state index contributed by atoms with van der Waals surface area (Å²) >= 11 is 10.2. The molecule has 0 aromatic carbocycles. The molecule has 74 valence electrons. The molecule has 0 fully saturated rings. The lowest BCUT2D eigenvalue weighted by Gasteiger charge is -2.27. The zero-order valence-corrected chi connectivity index (χ0v) is 7.86. The molecule has 1 rings (SSSR count). The highest BCUT2D eigenvalue weighted by atomic mass is 35.5. The van der Waals surface area contributed by atoms with Gasteiger partial charge in [-0.15, -0.1) is 11.6 Å². The Morgan fingerprint density at radius 3 is 2.23 bits per heavy atom. The van der Waals surface area contributed by atoms with Crippen molar-refractivity contribution >= 4 is 23.2 Å². The fourth-order valence-electron chi connectivity index (χ4n) is 0.876. The number of rotatable bonds is 0. The van der Waals surface area contributed by atoms with Gasteiger partial charge in [0.15, 0.2) is 23.7 Å². The molecule has 0 N–H and O–H groups in total. The minimum atomic E-state index is -2.47. The van der Waals surface area contributed by atoms with Gasteiger partial charge in [-0.25, -0.2) is 17.6 Å². The third-order valence-corrected chi connectivity index (χ3v) is 2.43. The quantitative estimate of drug-likeness (QED) is 0.441. The third kappa shape index (κ3) is 1.46. The molecule has 0 amide bonds. The van der Waals surface area contributed by atoms with Crippen molar-refractivity contribution < 1.29 is 17.6 Å². The predicted molar refractivity (Wildman–Crippen MR) is 42.4 cm³/mol. The van der Waals surface area contributed by atoms with Gasteiger partial charge in [-0.2, -0.15) is 0 Å². The van der Waals surface area contributed by atoms with Crippen LogP contribution >= 0.6 is 23.2 Å². The maximum atomic E-state index is 12.9. The van der Waals surface area contributed by atoms with E-state index >= 15 is 0 Å².